The van der Waals surface area contributed by atoms with E-state index in [9.17, 15) is 4.79 Å². The van der Waals surface area contributed by atoms with Crippen LogP contribution in [0.4, 0.5) is 0 Å². The molecule has 4 rings (SSSR count). The summed E-state index contributed by atoms with van der Waals surface area (Å²) in [4.78, 5) is 18.0. The van der Waals surface area contributed by atoms with Crippen molar-refractivity contribution in [3.05, 3.63) is 65.4 Å². The Morgan fingerprint density at radius 1 is 1.19 bits per heavy atom. The summed E-state index contributed by atoms with van der Waals surface area (Å²) in [7, 11) is 1.66. The largest absolute Gasteiger partial charge is 0.497 e. The summed E-state index contributed by atoms with van der Waals surface area (Å²) >= 11 is 0. The van der Waals surface area contributed by atoms with E-state index in [0.29, 0.717) is 13.1 Å². The van der Waals surface area contributed by atoms with E-state index in [-0.39, 0.29) is 5.91 Å². The van der Waals surface area contributed by atoms with Crippen LogP contribution in [0.1, 0.15) is 16.8 Å². The molecule has 0 atom stereocenters. The van der Waals surface area contributed by atoms with E-state index in [1.54, 1.807) is 7.11 Å². The highest BCUT2D eigenvalue weighted by Gasteiger charge is 2.21. The Hall–Kier alpha value is -2.79. The highest BCUT2D eigenvalue weighted by Crippen LogP contribution is 2.27. The number of rotatable bonds is 6. The summed E-state index contributed by atoms with van der Waals surface area (Å²) in [5.41, 5.74) is 5.03. The summed E-state index contributed by atoms with van der Waals surface area (Å²) in [6, 6.07) is 16.4. The molecule has 1 aliphatic rings. The number of methoxy groups -OCH3 is 1. The topological polar surface area (TPSA) is 57.4 Å². The standard InChI is InChI=1S/C22H25N3O2/c1-27-17-8-6-16(7-9-17)10-12-23-22(26)15-25-13-11-19-18-4-2-3-5-20(18)24-21(19)14-25/h2-9,24H,10-15H2,1H3,(H,23,26). The zero-order valence-electron chi connectivity index (χ0n) is 15.6. The van der Waals surface area contributed by atoms with Gasteiger partial charge in [-0.25, -0.2) is 0 Å². The van der Waals surface area contributed by atoms with Gasteiger partial charge in [0.1, 0.15) is 5.75 Å². The van der Waals surface area contributed by atoms with Crippen molar-refractivity contribution in [3.63, 3.8) is 0 Å². The van der Waals surface area contributed by atoms with Crippen molar-refractivity contribution in [2.45, 2.75) is 19.4 Å². The number of nitrogens with one attached hydrogen (secondary N) is 2. The van der Waals surface area contributed by atoms with Crippen LogP contribution in [-0.4, -0.2) is 42.5 Å². The Bertz CT molecular complexity index is 930. The van der Waals surface area contributed by atoms with Gasteiger partial charge >= 0.3 is 0 Å². The molecule has 1 amide bonds. The van der Waals surface area contributed by atoms with E-state index < -0.39 is 0 Å². The van der Waals surface area contributed by atoms with Crippen molar-refractivity contribution in [3.8, 4) is 5.75 Å². The van der Waals surface area contributed by atoms with Gasteiger partial charge in [-0.1, -0.05) is 30.3 Å². The fraction of sp³-hybridized carbons (Fsp3) is 0.318. The second kappa shape index (κ2) is 7.84. The molecule has 3 aromatic rings. The van der Waals surface area contributed by atoms with Gasteiger partial charge in [-0.15, -0.1) is 0 Å². The fourth-order valence-corrected chi connectivity index (χ4v) is 3.78. The number of carbonyl (C=O) groups excluding carboxylic acids is 1. The quantitative estimate of drug-likeness (QED) is 0.708. The van der Waals surface area contributed by atoms with Gasteiger partial charge in [-0.3, -0.25) is 9.69 Å². The Balaban J connectivity index is 1.27. The third-order valence-corrected chi connectivity index (χ3v) is 5.22. The second-order valence-corrected chi connectivity index (χ2v) is 7.04. The molecule has 0 bridgehead atoms. The number of aromatic amines is 1. The van der Waals surface area contributed by atoms with Gasteiger partial charge in [-0.2, -0.15) is 0 Å². The zero-order chi connectivity index (χ0) is 18.6. The summed E-state index contributed by atoms with van der Waals surface area (Å²) in [5.74, 6) is 0.937. The maximum Gasteiger partial charge on any atom is 0.234 e. The van der Waals surface area contributed by atoms with Crippen molar-refractivity contribution in [1.29, 1.82) is 0 Å². The molecule has 2 heterocycles. The number of H-pyrrole nitrogens is 1. The molecule has 0 aliphatic carbocycles. The lowest BCUT2D eigenvalue weighted by atomic mass is 10.0. The molecule has 1 aliphatic heterocycles. The number of nitrogens with zero attached hydrogens (tertiary/aromatic N) is 1. The minimum absolute atomic E-state index is 0.0862. The van der Waals surface area contributed by atoms with Gasteiger partial charge in [0, 0.05) is 36.2 Å². The first-order valence-corrected chi connectivity index (χ1v) is 9.43. The third-order valence-electron chi connectivity index (χ3n) is 5.22. The molecule has 2 aromatic carbocycles. The van der Waals surface area contributed by atoms with E-state index >= 15 is 0 Å². The lowest BCUT2D eigenvalue weighted by Gasteiger charge is -2.26. The van der Waals surface area contributed by atoms with Gasteiger partial charge in [0.15, 0.2) is 0 Å². The fourth-order valence-electron chi connectivity index (χ4n) is 3.78. The van der Waals surface area contributed by atoms with Gasteiger partial charge in [0.2, 0.25) is 5.91 Å². The molecule has 27 heavy (non-hydrogen) atoms. The first-order valence-electron chi connectivity index (χ1n) is 9.43. The van der Waals surface area contributed by atoms with Crippen LogP contribution in [-0.2, 0) is 24.2 Å². The Kier molecular flexibility index (Phi) is 5.12. The average molecular weight is 363 g/mol. The number of benzene rings is 2. The normalized spacial score (nSPS) is 14.1. The molecule has 0 saturated carbocycles. The summed E-state index contributed by atoms with van der Waals surface area (Å²) in [6.45, 7) is 2.81. The first kappa shape index (κ1) is 17.6. The van der Waals surface area contributed by atoms with Crippen molar-refractivity contribution < 1.29 is 9.53 Å². The van der Waals surface area contributed by atoms with Crippen molar-refractivity contribution in [2.24, 2.45) is 0 Å². The monoisotopic (exact) mass is 363 g/mol. The smallest absolute Gasteiger partial charge is 0.234 e. The Morgan fingerprint density at radius 3 is 2.81 bits per heavy atom. The molecular formula is C22H25N3O2. The number of hydrogen-bond acceptors (Lipinski definition) is 3. The van der Waals surface area contributed by atoms with Crippen LogP contribution in [0, 0.1) is 0 Å². The molecule has 1 aromatic heterocycles. The summed E-state index contributed by atoms with van der Waals surface area (Å²) in [5, 5.41) is 4.35. The van der Waals surface area contributed by atoms with Crippen molar-refractivity contribution in [1.82, 2.24) is 15.2 Å². The van der Waals surface area contributed by atoms with E-state index in [1.165, 1.54) is 27.7 Å². The lowest BCUT2D eigenvalue weighted by Crippen LogP contribution is -2.40. The van der Waals surface area contributed by atoms with Crippen LogP contribution in [0.5, 0.6) is 5.75 Å². The van der Waals surface area contributed by atoms with E-state index in [2.05, 4.69) is 39.5 Å². The number of carbonyl (C=O) groups is 1. The van der Waals surface area contributed by atoms with Crippen LogP contribution in [0.3, 0.4) is 0 Å². The summed E-state index contributed by atoms with van der Waals surface area (Å²) < 4.78 is 5.16. The number of ether oxygens (including phenoxy) is 1. The molecule has 0 spiro atoms. The molecule has 140 valence electrons. The predicted octanol–water partition coefficient (Wildman–Crippen LogP) is 2.89. The molecule has 0 fully saturated rings. The van der Waals surface area contributed by atoms with Crippen molar-refractivity contribution in [2.75, 3.05) is 26.7 Å². The maximum atomic E-state index is 12.3. The number of hydrogen-bond donors (Lipinski definition) is 2. The number of para-hydroxylation sites is 1. The van der Waals surface area contributed by atoms with Crippen LogP contribution in [0.2, 0.25) is 0 Å². The molecule has 5 nitrogen and oxygen atoms in total. The average Bonchev–Trinajstić information content (AvgIpc) is 3.06. The maximum absolute atomic E-state index is 12.3. The molecule has 0 radical (unpaired) electrons. The van der Waals surface area contributed by atoms with Crippen LogP contribution < -0.4 is 10.1 Å². The third kappa shape index (κ3) is 3.98. The molecule has 2 N–H and O–H groups in total. The van der Waals surface area contributed by atoms with Gasteiger partial charge in [-0.05, 0) is 42.2 Å². The first-order chi connectivity index (χ1) is 13.2. The van der Waals surface area contributed by atoms with E-state index in [0.717, 1.165) is 31.7 Å². The predicted molar refractivity (Wildman–Crippen MR) is 107 cm³/mol. The SMILES string of the molecule is COc1ccc(CCNC(=O)CN2CCc3c([nH]c4ccccc34)C2)cc1. The minimum Gasteiger partial charge on any atom is -0.497 e. The van der Waals surface area contributed by atoms with Gasteiger partial charge in [0.05, 0.1) is 13.7 Å². The number of fused-ring (bicyclic) bond motifs is 3. The van der Waals surface area contributed by atoms with Crippen LogP contribution in [0.25, 0.3) is 10.9 Å². The molecule has 5 heteroatoms. The van der Waals surface area contributed by atoms with Crippen LogP contribution in [0.15, 0.2) is 48.5 Å². The second-order valence-electron chi connectivity index (χ2n) is 7.04. The molecule has 0 unspecified atom stereocenters. The Morgan fingerprint density at radius 2 is 2.00 bits per heavy atom. The van der Waals surface area contributed by atoms with Gasteiger partial charge in [0.25, 0.3) is 0 Å². The zero-order valence-corrected chi connectivity index (χ0v) is 15.6. The van der Waals surface area contributed by atoms with E-state index in [4.69, 9.17) is 4.74 Å². The molecular weight excluding hydrogens is 338 g/mol. The number of aromatic nitrogens is 1. The minimum atomic E-state index is 0.0862. The Labute approximate surface area is 159 Å². The highest BCUT2D eigenvalue weighted by atomic mass is 16.5. The van der Waals surface area contributed by atoms with Gasteiger partial charge < -0.3 is 15.0 Å². The lowest BCUT2D eigenvalue weighted by molar-refractivity contribution is -0.122. The number of amides is 1. The highest BCUT2D eigenvalue weighted by molar-refractivity contribution is 5.85. The molecule has 0 saturated heterocycles. The van der Waals surface area contributed by atoms with E-state index in [1.807, 2.05) is 24.3 Å². The summed E-state index contributed by atoms with van der Waals surface area (Å²) in [6.07, 6.45) is 1.81. The van der Waals surface area contributed by atoms with Crippen LogP contribution >= 0.6 is 0 Å². The van der Waals surface area contributed by atoms with Crippen molar-refractivity contribution >= 4 is 16.8 Å².